The predicted molar refractivity (Wildman–Crippen MR) is 128 cm³/mol. The summed E-state index contributed by atoms with van der Waals surface area (Å²) in [4.78, 5) is 17.7. The van der Waals surface area contributed by atoms with Gasteiger partial charge in [0.25, 0.3) is 0 Å². The molecule has 2 heterocycles. The third kappa shape index (κ3) is 4.60. The van der Waals surface area contributed by atoms with Crippen molar-refractivity contribution in [1.82, 2.24) is 13.9 Å². The first kappa shape index (κ1) is 23.6. The van der Waals surface area contributed by atoms with Crippen LogP contribution in [0, 0.1) is 0 Å². The number of benzene rings is 2. The molecule has 0 aliphatic carbocycles. The van der Waals surface area contributed by atoms with Gasteiger partial charge in [-0.1, -0.05) is 25.6 Å². The molecule has 8 nitrogen and oxygen atoms in total. The van der Waals surface area contributed by atoms with Crippen LogP contribution in [-0.2, 0) is 16.6 Å². The molecule has 3 aromatic rings. The second kappa shape index (κ2) is 9.74. The number of thioether (sulfide) groups is 1. The van der Waals surface area contributed by atoms with Gasteiger partial charge >= 0.3 is 0 Å². The number of ether oxygens (including phenoxy) is 2. The lowest BCUT2D eigenvalue weighted by molar-refractivity contribution is 0.102. The van der Waals surface area contributed by atoms with Crippen molar-refractivity contribution < 1.29 is 22.7 Å². The van der Waals surface area contributed by atoms with Gasteiger partial charge in [-0.3, -0.25) is 4.79 Å². The molecule has 4 rings (SSSR count). The van der Waals surface area contributed by atoms with Crippen molar-refractivity contribution in [3.8, 4) is 11.5 Å². The van der Waals surface area contributed by atoms with E-state index in [4.69, 9.17) is 9.47 Å². The molecule has 33 heavy (non-hydrogen) atoms. The highest BCUT2D eigenvalue weighted by atomic mass is 32.2. The summed E-state index contributed by atoms with van der Waals surface area (Å²) < 4.78 is 40.3. The van der Waals surface area contributed by atoms with E-state index in [9.17, 15) is 13.2 Å². The van der Waals surface area contributed by atoms with Gasteiger partial charge in [0.1, 0.15) is 13.2 Å². The Hall–Kier alpha value is -2.56. The molecule has 1 aliphatic rings. The summed E-state index contributed by atoms with van der Waals surface area (Å²) in [7, 11) is -3.57. The summed E-state index contributed by atoms with van der Waals surface area (Å²) in [6, 6.07) is 10.2. The minimum atomic E-state index is -3.57. The summed E-state index contributed by atoms with van der Waals surface area (Å²) in [6.07, 6.45) is 0. The van der Waals surface area contributed by atoms with Crippen LogP contribution in [-0.4, -0.2) is 60.1 Å². The third-order valence-electron chi connectivity index (χ3n) is 5.54. The Balaban J connectivity index is 1.57. The van der Waals surface area contributed by atoms with E-state index in [0.29, 0.717) is 60.6 Å². The number of hydrogen-bond donors (Lipinski definition) is 0. The highest BCUT2D eigenvalue weighted by Gasteiger charge is 2.23. The van der Waals surface area contributed by atoms with E-state index in [2.05, 4.69) is 4.98 Å². The average Bonchev–Trinajstić information content (AvgIpc) is 3.19. The number of rotatable bonds is 9. The van der Waals surface area contributed by atoms with Gasteiger partial charge in [0.15, 0.2) is 22.4 Å². The Bertz CT molecular complexity index is 1280. The second-order valence-electron chi connectivity index (χ2n) is 7.45. The van der Waals surface area contributed by atoms with Crippen molar-refractivity contribution >= 4 is 38.6 Å². The topological polar surface area (TPSA) is 90.7 Å². The van der Waals surface area contributed by atoms with Gasteiger partial charge < -0.3 is 14.0 Å². The van der Waals surface area contributed by atoms with Crippen LogP contribution >= 0.6 is 11.8 Å². The van der Waals surface area contributed by atoms with E-state index < -0.39 is 10.0 Å². The number of aryl methyl sites for hydroxylation is 1. The maximum absolute atomic E-state index is 12.9. The molecule has 0 bridgehead atoms. The van der Waals surface area contributed by atoms with E-state index >= 15 is 0 Å². The Labute approximate surface area is 197 Å². The van der Waals surface area contributed by atoms with Crippen LogP contribution in [0.1, 0.15) is 31.1 Å². The molecule has 0 radical (unpaired) electrons. The summed E-state index contributed by atoms with van der Waals surface area (Å²) in [5.41, 5.74) is 1.99. The predicted octanol–water partition coefficient (Wildman–Crippen LogP) is 3.83. The number of carbonyl (C=O) groups is 1. The zero-order valence-corrected chi connectivity index (χ0v) is 20.5. The Morgan fingerprint density at radius 3 is 2.48 bits per heavy atom. The number of fused-ring (bicyclic) bond motifs is 2. The first-order valence-corrected chi connectivity index (χ1v) is 13.4. The maximum Gasteiger partial charge on any atom is 0.243 e. The van der Waals surface area contributed by atoms with Crippen LogP contribution in [0.15, 0.2) is 46.5 Å². The van der Waals surface area contributed by atoms with Crippen LogP contribution in [0.4, 0.5) is 0 Å². The molecule has 1 aliphatic heterocycles. The monoisotopic (exact) mass is 489 g/mol. The van der Waals surface area contributed by atoms with Gasteiger partial charge in [0, 0.05) is 25.2 Å². The number of carbonyl (C=O) groups excluding carboxylic acids is 1. The zero-order valence-electron chi connectivity index (χ0n) is 18.9. The van der Waals surface area contributed by atoms with Crippen LogP contribution in [0.5, 0.6) is 11.5 Å². The van der Waals surface area contributed by atoms with Crippen molar-refractivity contribution in [3.05, 3.63) is 42.0 Å². The molecular formula is C23H27N3O5S2. The van der Waals surface area contributed by atoms with Gasteiger partial charge in [-0.05, 0) is 43.3 Å². The lowest BCUT2D eigenvalue weighted by Gasteiger charge is -2.18. The Morgan fingerprint density at radius 1 is 1.06 bits per heavy atom. The highest BCUT2D eigenvalue weighted by Crippen LogP contribution is 2.32. The summed E-state index contributed by atoms with van der Waals surface area (Å²) >= 11 is 1.34. The number of imidazole rings is 1. The molecule has 0 saturated heterocycles. The van der Waals surface area contributed by atoms with Gasteiger partial charge in [0.05, 0.1) is 21.7 Å². The van der Waals surface area contributed by atoms with Crippen molar-refractivity contribution in [2.24, 2.45) is 0 Å². The molecule has 0 fully saturated rings. The Kier molecular flexibility index (Phi) is 6.96. The molecule has 176 valence electrons. The molecule has 0 amide bonds. The first-order valence-electron chi connectivity index (χ1n) is 10.9. The number of hydrogen-bond acceptors (Lipinski definition) is 7. The molecule has 10 heteroatoms. The van der Waals surface area contributed by atoms with Crippen LogP contribution in [0.25, 0.3) is 11.0 Å². The largest absolute Gasteiger partial charge is 0.486 e. The molecule has 0 spiro atoms. The van der Waals surface area contributed by atoms with Crippen molar-refractivity contribution in [2.45, 2.75) is 37.4 Å². The second-order valence-corrected chi connectivity index (χ2v) is 10.3. The SMILES string of the molecule is CCN(CC)S(=O)(=O)c1ccc2c(c1)nc(SCC(=O)c1ccc3c(c1)OCCO3)n2CC. The van der Waals surface area contributed by atoms with Gasteiger partial charge in [-0.2, -0.15) is 4.31 Å². The quantitative estimate of drug-likeness (QED) is 0.333. The fourth-order valence-corrected chi connectivity index (χ4v) is 6.26. The molecule has 0 unspecified atom stereocenters. The third-order valence-corrected chi connectivity index (χ3v) is 8.56. The molecule has 0 N–H and O–H groups in total. The number of sulfonamides is 1. The molecule has 2 aromatic carbocycles. The summed E-state index contributed by atoms with van der Waals surface area (Å²) in [6.45, 7) is 8.06. The number of aromatic nitrogens is 2. The summed E-state index contributed by atoms with van der Waals surface area (Å²) in [5, 5.41) is 0.677. The van der Waals surface area contributed by atoms with Gasteiger partial charge in [0.2, 0.25) is 10.0 Å². The molecule has 1 aromatic heterocycles. The molecule has 0 atom stereocenters. The minimum Gasteiger partial charge on any atom is -0.486 e. The van der Waals surface area contributed by atoms with Crippen molar-refractivity contribution in [3.63, 3.8) is 0 Å². The zero-order chi connectivity index (χ0) is 23.6. The fourth-order valence-electron chi connectivity index (χ4n) is 3.81. The smallest absolute Gasteiger partial charge is 0.243 e. The van der Waals surface area contributed by atoms with E-state index in [1.165, 1.54) is 16.1 Å². The lowest BCUT2D eigenvalue weighted by Crippen LogP contribution is -2.30. The number of Topliss-reactive ketones (excluding diaryl/α,β-unsaturated/α-hetero) is 1. The van der Waals surface area contributed by atoms with Crippen LogP contribution in [0.2, 0.25) is 0 Å². The van der Waals surface area contributed by atoms with Gasteiger partial charge in [-0.25, -0.2) is 13.4 Å². The van der Waals surface area contributed by atoms with E-state index in [1.54, 1.807) is 36.4 Å². The fraction of sp³-hybridized carbons (Fsp3) is 0.391. The van der Waals surface area contributed by atoms with Crippen LogP contribution < -0.4 is 9.47 Å². The highest BCUT2D eigenvalue weighted by molar-refractivity contribution is 7.99. The summed E-state index contributed by atoms with van der Waals surface area (Å²) in [5.74, 6) is 1.39. The van der Waals surface area contributed by atoms with Crippen molar-refractivity contribution in [2.75, 3.05) is 32.1 Å². The normalized spacial score (nSPS) is 13.6. The minimum absolute atomic E-state index is 0.0449. The van der Waals surface area contributed by atoms with E-state index in [-0.39, 0.29) is 16.4 Å². The first-order chi connectivity index (χ1) is 15.9. The lowest BCUT2D eigenvalue weighted by atomic mass is 10.1. The van der Waals surface area contributed by atoms with Crippen LogP contribution in [0.3, 0.4) is 0 Å². The molecular weight excluding hydrogens is 462 g/mol. The van der Waals surface area contributed by atoms with E-state index in [0.717, 1.165) is 5.52 Å². The number of ketones is 1. The van der Waals surface area contributed by atoms with Gasteiger partial charge in [-0.15, -0.1) is 0 Å². The van der Waals surface area contributed by atoms with E-state index in [1.807, 2.05) is 25.3 Å². The Morgan fingerprint density at radius 2 is 1.79 bits per heavy atom. The van der Waals surface area contributed by atoms with Crippen molar-refractivity contribution in [1.29, 1.82) is 0 Å². The maximum atomic E-state index is 12.9. The average molecular weight is 490 g/mol. The standard InChI is InChI=1S/C23H27N3O5S2/c1-4-25(5-2)33(28,29)17-8-9-19-18(14-17)24-23(26(19)6-3)32-15-20(27)16-7-10-21-22(13-16)31-12-11-30-21/h7-10,13-14H,4-6,11-12,15H2,1-3H3. The number of nitrogens with zero attached hydrogens (tertiary/aromatic N) is 3. The molecule has 0 saturated carbocycles.